The van der Waals surface area contributed by atoms with Gasteiger partial charge >= 0.3 is 6.18 Å². The largest absolute Gasteiger partial charge is 0.433 e. The van der Waals surface area contributed by atoms with Crippen LogP contribution in [0, 0.1) is 0 Å². The number of nitrogens with one attached hydrogen (secondary N) is 1. The van der Waals surface area contributed by atoms with Gasteiger partial charge in [0, 0.05) is 12.6 Å². The summed E-state index contributed by atoms with van der Waals surface area (Å²) in [5.41, 5.74) is 4.11. The van der Waals surface area contributed by atoms with E-state index in [-0.39, 0.29) is 5.82 Å². The van der Waals surface area contributed by atoms with Gasteiger partial charge in [-0.1, -0.05) is 6.92 Å². The highest BCUT2D eigenvalue weighted by molar-refractivity contribution is 5.41. The number of aromatic nitrogens is 2. The van der Waals surface area contributed by atoms with Crippen molar-refractivity contribution >= 4 is 11.8 Å². The zero-order valence-electron chi connectivity index (χ0n) is 9.83. The predicted octanol–water partition coefficient (Wildman–Crippen LogP) is 1.65. The smallest absolute Gasteiger partial charge is 0.393 e. The minimum absolute atomic E-state index is 0.00173. The molecule has 18 heavy (non-hydrogen) atoms. The number of anilines is 2. The molecule has 0 saturated heterocycles. The van der Waals surface area contributed by atoms with Crippen LogP contribution in [0.3, 0.4) is 0 Å². The van der Waals surface area contributed by atoms with E-state index in [4.69, 9.17) is 5.73 Å². The maximum absolute atomic E-state index is 12.4. The molecule has 0 bridgehead atoms. The molecule has 8 heteroatoms. The van der Waals surface area contributed by atoms with Crippen LogP contribution in [-0.4, -0.2) is 27.7 Å². The van der Waals surface area contributed by atoms with Gasteiger partial charge in [0.05, 0.1) is 6.10 Å². The molecule has 0 saturated carbocycles. The monoisotopic (exact) mass is 264 g/mol. The summed E-state index contributed by atoms with van der Waals surface area (Å²) < 4.78 is 37.3. The highest BCUT2D eigenvalue weighted by Crippen LogP contribution is 2.29. The molecule has 0 aliphatic rings. The number of rotatable bonds is 5. The Morgan fingerprint density at radius 1 is 1.44 bits per heavy atom. The molecule has 1 unspecified atom stereocenters. The lowest BCUT2D eigenvalue weighted by molar-refractivity contribution is -0.141. The number of nitrogen functional groups attached to an aromatic ring is 1. The fraction of sp³-hybridized carbons (Fsp3) is 0.600. The number of aliphatic hydroxyl groups excluding tert-OH is 1. The van der Waals surface area contributed by atoms with Gasteiger partial charge in [0.2, 0.25) is 5.95 Å². The number of halogens is 3. The first-order valence-corrected chi connectivity index (χ1v) is 5.46. The van der Waals surface area contributed by atoms with E-state index in [0.29, 0.717) is 19.4 Å². The third-order valence-electron chi connectivity index (χ3n) is 2.29. The van der Waals surface area contributed by atoms with Crippen LogP contribution < -0.4 is 11.1 Å². The minimum atomic E-state index is -4.56. The second-order valence-corrected chi connectivity index (χ2v) is 3.77. The van der Waals surface area contributed by atoms with Gasteiger partial charge in [-0.25, -0.2) is 4.98 Å². The SMILES string of the molecule is CCC(O)CCNc1cc(C(F)(F)F)nc(N)n1. The fourth-order valence-corrected chi connectivity index (χ4v) is 1.27. The topological polar surface area (TPSA) is 84.1 Å². The van der Waals surface area contributed by atoms with Crippen LogP contribution in [0.5, 0.6) is 0 Å². The van der Waals surface area contributed by atoms with Crippen molar-refractivity contribution in [3.05, 3.63) is 11.8 Å². The normalized spacial score (nSPS) is 13.4. The van der Waals surface area contributed by atoms with Gasteiger partial charge in [-0.05, 0) is 12.8 Å². The summed E-state index contributed by atoms with van der Waals surface area (Å²) in [4.78, 5) is 6.76. The average molecular weight is 264 g/mol. The number of alkyl halides is 3. The van der Waals surface area contributed by atoms with Gasteiger partial charge in [0.1, 0.15) is 5.82 Å². The standard InChI is InChI=1S/C10H15F3N4O/c1-2-6(18)3-4-15-8-5-7(10(11,12)13)16-9(14)17-8/h5-6,18H,2-4H2,1H3,(H3,14,15,16,17). The molecule has 1 aromatic heterocycles. The molecule has 0 amide bonds. The zero-order chi connectivity index (χ0) is 13.8. The summed E-state index contributed by atoms with van der Waals surface area (Å²) in [5.74, 6) is -0.443. The third-order valence-corrected chi connectivity index (χ3v) is 2.29. The quantitative estimate of drug-likeness (QED) is 0.753. The lowest BCUT2D eigenvalue weighted by atomic mass is 10.2. The molecule has 1 aromatic rings. The lowest BCUT2D eigenvalue weighted by Gasteiger charge is -2.11. The van der Waals surface area contributed by atoms with E-state index < -0.39 is 23.9 Å². The Bertz CT molecular complexity index is 397. The van der Waals surface area contributed by atoms with Gasteiger partial charge in [-0.15, -0.1) is 0 Å². The Hall–Kier alpha value is -1.57. The number of aliphatic hydroxyl groups is 1. The van der Waals surface area contributed by atoms with Gasteiger partial charge in [-0.2, -0.15) is 18.2 Å². The third kappa shape index (κ3) is 4.36. The van der Waals surface area contributed by atoms with Crippen LogP contribution in [-0.2, 0) is 6.18 Å². The summed E-state index contributed by atoms with van der Waals surface area (Å²) >= 11 is 0. The molecule has 0 spiro atoms. The molecule has 0 radical (unpaired) electrons. The van der Waals surface area contributed by atoms with E-state index in [9.17, 15) is 18.3 Å². The van der Waals surface area contributed by atoms with Gasteiger partial charge in [0.25, 0.3) is 0 Å². The summed E-state index contributed by atoms with van der Waals surface area (Å²) in [5, 5.41) is 12.0. The van der Waals surface area contributed by atoms with Gasteiger partial charge in [0.15, 0.2) is 5.69 Å². The summed E-state index contributed by atoms with van der Waals surface area (Å²) in [6.45, 7) is 2.12. The molecule has 4 N–H and O–H groups in total. The fourth-order valence-electron chi connectivity index (χ4n) is 1.27. The first-order valence-electron chi connectivity index (χ1n) is 5.46. The predicted molar refractivity (Wildman–Crippen MR) is 60.9 cm³/mol. The van der Waals surface area contributed by atoms with E-state index in [0.717, 1.165) is 6.07 Å². The van der Waals surface area contributed by atoms with Crippen molar-refractivity contribution in [1.82, 2.24) is 9.97 Å². The van der Waals surface area contributed by atoms with E-state index >= 15 is 0 Å². The van der Waals surface area contributed by atoms with Crippen molar-refractivity contribution in [3.63, 3.8) is 0 Å². The molecule has 5 nitrogen and oxygen atoms in total. The van der Waals surface area contributed by atoms with Crippen molar-refractivity contribution in [2.75, 3.05) is 17.6 Å². The second kappa shape index (κ2) is 5.85. The van der Waals surface area contributed by atoms with E-state index in [2.05, 4.69) is 15.3 Å². The van der Waals surface area contributed by atoms with E-state index in [1.54, 1.807) is 0 Å². The van der Waals surface area contributed by atoms with Crippen LogP contribution in [0.15, 0.2) is 6.07 Å². The van der Waals surface area contributed by atoms with E-state index in [1.165, 1.54) is 0 Å². The second-order valence-electron chi connectivity index (χ2n) is 3.77. The number of hydrogen-bond donors (Lipinski definition) is 3. The van der Waals surface area contributed by atoms with Crippen LogP contribution in [0.4, 0.5) is 24.9 Å². The molecule has 0 aromatic carbocycles. The molecule has 0 aliphatic heterocycles. The first kappa shape index (κ1) is 14.5. The van der Waals surface area contributed by atoms with Crippen LogP contribution in [0.1, 0.15) is 25.5 Å². The van der Waals surface area contributed by atoms with E-state index in [1.807, 2.05) is 6.92 Å². The summed E-state index contributed by atoms with van der Waals surface area (Å²) in [7, 11) is 0. The molecule has 1 rings (SSSR count). The van der Waals surface area contributed by atoms with Crippen molar-refractivity contribution in [1.29, 1.82) is 0 Å². The highest BCUT2D eigenvalue weighted by atomic mass is 19.4. The molecular formula is C10H15F3N4O. The van der Waals surface area contributed by atoms with Crippen LogP contribution >= 0.6 is 0 Å². The summed E-state index contributed by atoms with van der Waals surface area (Å²) in [6.07, 6.45) is -4.04. The highest BCUT2D eigenvalue weighted by Gasteiger charge is 2.33. The zero-order valence-corrected chi connectivity index (χ0v) is 9.83. The van der Waals surface area contributed by atoms with Crippen molar-refractivity contribution in [2.24, 2.45) is 0 Å². The molecular weight excluding hydrogens is 249 g/mol. The Balaban J connectivity index is 2.69. The Labute approximate surface area is 102 Å². The first-order chi connectivity index (χ1) is 8.32. The van der Waals surface area contributed by atoms with Crippen LogP contribution in [0.2, 0.25) is 0 Å². The van der Waals surface area contributed by atoms with Crippen molar-refractivity contribution < 1.29 is 18.3 Å². The molecule has 0 fully saturated rings. The Morgan fingerprint density at radius 2 is 2.11 bits per heavy atom. The van der Waals surface area contributed by atoms with Gasteiger partial charge in [-0.3, -0.25) is 0 Å². The number of nitrogens with two attached hydrogens (primary N) is 1. The molecule has 102 valence electrons. The van der Waals surface area contributed by atoms with Crippen molar-refractivity contribution in [3.8, 4) is 0 Å². The minimum Gasteiger partial charge on any atom is -0.393 e. The van der Waals surface area contributed by atoms with Crippen molar-refractivity contribution in [2.45, 2.75) is 32.0 Å². The van der Waals surface area contributed by atoms with Crippen LogP contribution in [0.25, 0.3) is 0 Å². The maximum Gasteiger partial charge on any atom is 0.433 e. The summed E-state index contributed by atoms with van der Waals surface area (Å²) in [6, 6.07) is 0.786. The Morgan fingerprint density at radius 3 is 2.67 bits per heavy atom. The maximum atomic E-state index is 12.4. The lowest BCUT2D eigenvalue weighted by Crippen LogP contribution is -2.15. The molecule has 1 heterocycles. The number of hydrogen-bond acceptors (Lipinski definition) is 5. The molecule has 1 atom stereocenters. The van der Waals surface area contributed by atoms with Gasteiger partial charge < -0.3 is 16.2 Å². The average Bonchev–Trinajstić information content (AvgIpc) is 2.27. The molecule has 0 aliphatic carbocycles. The Kier molecular flexibility index (Phi) is 4.71. The number of nitrogens with zero attached hydrogens (tertiary/aromatic N) is 2.